The summed E-state index contributed by atoms with van der Waals surface area (Å²) >= 11 is 1.93. The molecular weight excluding hydrogens is 288 g/mol. The van der Waals surface area contributed by atoms with Gasteiger partial charge in [0.1, 0.15) is 0 Å². The van der Waals surface area contributed by atoms with Crippen molar-refractivity contribution in [2.45, 2.75) is 26.3 Å². The fourth-order valence-corrected chi connectivity index (χ4v) is 3.56. The summed E-state index contributed by atoms with van der Waals surface area (Å²) in [7, 11) is 0. The smallest absolute Gasteiger partial charge is 0.240 e. The van der Waals surface area contributed by atoms with Crippen LogP contribution in [0.1, 0.15) is 31.5 Å². The lowest BCUT2D eigenvalue weighted by atomic mass is 9.98. The van der Waals surface area contributed by atoms with Gasteiger partial charge in [-0.2, -0.15) is 16.7 Å². The summed E-state index contributed by atoms with van der Waals surface area (Å²) in [6, 6.07) is 0. The van der Waals surface area contributed by atoms with Crippen molar-refractivity contribution in [1.82, 2.24) is 19.9 Å². The van der Waals surface area contributed by atoms with Crippen LogP contribution in [0.25, 0.3) is 0 Å². The van der Waals surface area contributed by atoms with E-state index in [9.17, 15) is 4.79 Å². The standard InChI is InChI=1S/C14H22N4O2S/c1-10(2)13-15-12(20-16-13)9-17-7-11(8-17)14(19)18-3-5-21-6-4-18/h10-11H,3-9H2,1-2H3. The average molecular weight is 310 g/mol. The number of hydrogen-bond donors (Lipinski definition) is 0. The van der Waals surface area contributed by atoms with Crippen molar-refractivity contribution in [3.05, 3.63) is 11.7 Å². The van der Waals surface area contributed by atoms with E-state index in [1.807, 2.05) is 30.5 Å². The van der Waals surface area contributed by atoms with Crippen molar-refractivity contribution < 1.29 is 9.32 Å². The second kappa shape index (κ2) is 6.36. The third-order valence-corrected chi connectivity index (χ3v) is 4.93. The third kappa shape index (κ3) is 3.40. The first-order chi connectivity index (χ1) is 10.1. The Morgan fingerprint density at radius 2 is 2.10 bits per heavy atom. The normalized spacial score (nSPS) is 20.8. The van der Waals surface area contributed by atoms with Crippen molar-refractivity contribution in [3.63, 3.8) is 0 Å². The molecule has 0 unspecified atom stereocenters. The number of aromatic nitrogens is 2. The highest BCUT2D eigenvalue weighted by atomic mass is 32.2. The molecular formula is C14H22N4O2S. The van der Waals surface area contributed by atoms with Crippen LogP contribution in [0.5, 0.6) is 0 Å². The van der Waals surface area contributed by atoms with Gasteiger partial charge in [-0.1, -0.05) is 19.0 Å². The first kappa shape index (κ1) is 14.8. The molecule has 0 N–H and O–H groups in total. The first-order valence-electron chi connectivity index (χ1n) is 7.55. The van der Waals surface area contributed by atoms with E-state index in [-0.39, 0.29) is 11.8 Å². The first-order valence-corrected chi connectivity index (χ1v) is 8.70. The second-order valence-corrected chi connectivity index (χ2v) is 7.25. The molecule has 0 saturated carbocycles. The van der Waals surface area contributed by atoms with E-state index in [2.05, 4.69) is 15.0 Å². The predicted molar refractivity (Wildman–Crippen MR) is 81.1 cm³/mol. The molecule has 2 fully saturated rings. The van der Waals surface area contributed by atoms with Gasteiger partial charge in [0.2, 0.25) is 11.8 Å². The third-order valence-electron chi connectivity index (χ3n) is 3.99. The number of thioether (sulfide) groups is 1. The summed E-state index contributed by atoms with van der Waals surface area (Å²) in [5.41, 5.74) is 0. The number of rotatable bonds is 4. The Bertz CT molecular complexity index is 493. The van der Waals surface area contributed by atoms with Crippen molar-refractivity contribution in [1.29, 1.82) is 0 Å². The van der Waals surface area contributed by atoms with E-state index < -0.39 is 0 Å². The Hall–Kier alpha value is -1.08. The van der Waals surface area contributed by atoms with Gasteiger partial charge in [-0.15, -0.1) is 0 Å². The number of nitrogens with zero attached hydrogens (tertiary/aromatic N) is 4. The van der Waals surface area contributed by atoms with Crippen LogP contribution in [0.3, 0.4) is 0 Å². The molecule has 1 aromatic rings. The van der Waals surface area contributed by atoms with Crippen LogP contribution >= 0.6 is 11.8 Å². The van der Waals surface area contributed by atoms with Crippen molar-refractivity contribution >= 4 is 17.7 Å². The topological polar surface area (TPSA) is 62.5 Å². The van der Waals surface area contributed by atoms with E-state index in [1.54, 1.807) is 0 Å². The predicted octanol–water partition coefficient (Wildman–Crippen LogP) is 1.20. The highest BCUT2D eigenvalue weighted by Gasteiger charge is 2.36. The van der Waals surface area contributed by atoms with Gasteiger partial charge in [-0.3, -0.25) is 9.69 Å². The largest absolute Gasteiger partial charge is 0.341 e. The molecule has 0 radical (unpaired) electrons. The summed E-state index contributed by atoms with van der Waals surface area (Å²) in [6.07, 6.45) is 0. The monoisotopic (exact) mass is 310 g/mol. The van der Waals surface area contributed by atoms with Gasteiger partial charge in [0.05, 0.1) is 12.5 Å². The second-order valence-electron chi connectivity index (χ2n) is 6.03. The molecule has 0 spiro atoms. The lowest BCUT2D eigenvalue weighted by Crippen LogP contribution is -2.55. The number of likely N-dealkylation sites (tertiary alicyclic amines) is 1. The molecule has 3 rings (SSSR count). The number of carbonyl (C=O) groups excluding carboxylic acids is 1. The summed E-state index contributed by atoms with van der Waals surface area (Å²) in [6.45, 7) is 8.17. The summed E-state index contributed by atoms with van der Waals surface area (Å²) in [4.78, 5) is 20.9. The molecule has 2 aliphatic heterocycles. The molecule has 2 saturated heterocycles. The van der Waals surface area contributed by atoms with Crippen LogP contribution in [-0.4, -0.2) is 63.5 Å². The molecule has 0 atom stereocenters. The molecule has 1 amide bonds. The van der Waals surface area contributed by atoms with Gasteiger partial charge >= 0.3 is 0 Å². The zero-order valence-electron chi connectivity index (χ0n) is 12.6. The minimum atomic E-state index is 0.153. The van der Waals surface area contributed by atoms with Crippen molar-refractivity contribution in [2.75, 3.05) is 37.7 Å². The summed E-state index contributed by atoms with van der Waals surface area (Å²) in [5, 5.41) is 3.96. The lowest BCUT2D eigenvalue weighted by molar-refractivity contribution is -0.141. The molecule has 6 nitrogen and oxygen atoms in total. The quantitative estimate of drug-likeness (QED) is 0.833. The minimum Gasteiger partial charge on any atom is -0.341 e. The van der Waals surface area contributed by atoms with E-state index in [1.165, 1.54) is 0 Å². The maximum atomic E-state index is 12.3. The van der Waals surface area contributed by atoms with Crippen LogP contribution < -0.4 is 0 Å². The van der Waals surface area contributed by atoms with Gasteiger partial charge < -0.3 is 9.42 Å². The van der Waals surface area contributed by atoms with Crippen LogP contribution in [0.4, 0.5) is 0 Å². The van der Waals surface area contributed by atoms with Gasteiger partial charge in [-0.05, 0) is 0 Å². The number of hydrogen-bond acceptors (Lipinski definition) is 6. The van der Waals surface area contributed by atoms with Crippen LogP contribution in [0.15, 0.2) is 4.52 Å². The maximum absolute atomic E-state index is 12.3. The molecule has 2 aliphatic rings. The maximum Gasteiger partial charge on any atom is 0.240 e. The molecule has 3 heterocycles. The summed E-state index contributed by atoms with van der Waals surface area (Å²) < 4.78 is 5.24. The number of carbonyl (C=O) groups is 1. The highest BCUT2D eigenvalue weighted by molar-refractivity contribution is 7.99. The Kier molecular flexibility index (Phi) is 4.49. The van der Waals surface area contributed by atoms with E-state index in [0.717, 1.165) is 43.5 Å². The number of amides is 1. The average Bonchev–Trinajstić information content (AvgIpc) is 2.91. The van der Waals surface area contributed by atoms with Crippen molar-refractivity contribution in [2.24, 2.45) is 5.92 Å². The molecule has 116 valence electrons. The van der Waals surface area contributed by atoms with E-state index in [4.69, 9.17) is 4.52 Å². The van der Waals surface area contributed by atoms with Gasteiger partial charge in [-0.25, -0.2) is 0 Å². The molecule has 0 aliphatic carbocycles. The lowest BCUT2D eigenvalue weighted by Gasteiger charge is -2.40. The zero-order chi connectivity index (χ0) is 14.8. The Balaban J connectivity index is 1.45. The Morgan fingerprint density at radius 1 is 1.38 bits per heavy atom. The summed E-state index contributed by atoms with van der Waals surface area (Å²) in [5.74, 6) is 4.30. The Morgan fingerprint density at radius 3 is 2.71 bits per heavy atom. The van der Waals surface area contributed by atoms with Crippen LogP contribution in [0, 0.1) is 5.92 Å². The minimum absolute atomic E-state index is 0.153. The SMILES string of the molecule is CC(C)c1noc(CN2CC(C(=O)N3CCSCC3)C2)n1. The molecule has 21 heavy (non-hydrogen) atoms. The zero-order valence-corrected chi connectivity index (χ0v) is 13.4. The highest BCUT2D eigenvalue weighted by Crippen LogP contribution is 2.22. The molecule has 1 aromatic heterocycles. The Labute approximate surface area is 129 Å². The fraction of sp³-hybridized carbons (Fsp3) is 0.786. The van der Waals surface area contributed by atoms with Gasteiger partial charge in [0, 0.05) is 43.6 Å². The molecule has 0 aromatic carbocycles. The molecule has 0 bridgehead atoms. The van der Waals surface area contributed by atoms with Crippen LogP contribution in [0.2, 0.25) is 0 Å². The van der Waals surface area contributed by atoms with Gasteiger partial charge in [0.15, 0.2) is 5.82 Å². The van der Waals surface area contributed by atoms with Crippen LogP contribution in [-0.2, 0) is 11.3 Å². The molecule has 7 heteroatoms. The van der Waals surface area contributed by atoms with Crippen molar-refractivity contribution in [3.8, 4) is 0 Å². The fourth-order valence-electron chi connectivity index (χ4n) is 2.66. The van der Waals surface area contributed by atoms with Gasteiger partial charge in [0.25, 0.3) is 0 Å². The van der Waals surface area contributed by atoms with E-state index in [0.29, 0.717) is 18.3 Å². The van der Waals surface area contributed by atoms with E-state index >= 15 is 0 Å².